The van der Waals surface area contributed by atoms with Crippen LogP contribution in [0.2, 0.25) is 0 Å². The van der Waals surface area contributed by atoms with E-state index in [2.05, 4.69) is 0 Å². The number of halogens is 2. The van der Waals surface area contributed by atoms with Crippen molar-refractivity contribution in [2.45, 2.75) is 23.0 Å². The molecule has 0 aliphatic carbocycles. The number of carbonyl (C=O) groups is 2. The van der Waals surface area contributed by atoms with Crippen LogP contribution in [0, 0.1) is 17.6 Å². The first-order chi connectivity index (χ1) is 15.5. The van der Waals surface area contributed by atoms with Crippen LogP contribution in [0.15, 0.2) is 83.8 Å². The highest BCUT2D eigenvalue weighted by Gasteiger charge is 2.33. The molecule has 0 radical (unpaired) electrons. The normalized spacial score (nSPS) is 15.4. The van der Waals surface area contributed by atoms with E-state index in [1.807, 2.05) is 60.7 Å². The van der Waals surface area contributed by atoms with Gasteiger partial charge in [0.05, 0.1) is 5.56 Å². The lowest BCUT2D eigenvalue weighted by Crippen LogP contribution is -2.42. The summed E-state index contributed by atoms with van der Waals surface area (Å²) in [6.45, 7) is 0.815. The third kappa shape index (κ3) is 5.07. The molecule has 1 unspecified atom stereocenters. The van der Waals surface area contributed by atoms with E-state index in [-0.39, 0.29) is 11.5 Å². The monoisotopic (exact) mass is 451 g/mol. The van der Waals surface area contributed by atoms with Crippen molar-refractivity contribution in [3.8, 4) is 0 Å². The molecule has 1 fully saturated rings. The van der Waals surface area contributed by atoms with Gasteiger partial charge >= 0.3 is 0 Å². The first-order valence-corrected chi connectivity index (χ1v) is 11.5. The number of hydrogen-bond acceptors (Lipinski definition) is 3. The van der Waals surface area contributed by atoms with Crippen molar-refractivity contribution in [1.82, 2.24) is 4.90 Å². The van der Waals surface area contributed by atoms with Crippen LogP contribution >= 0.6 is 11.8 Å². The maximum Gasteiger partial charge on any atom is 0.240 e. The minimum absolute atomic E-state index is 0.00659. The van der Waals surface area contributed by atoms with E-state index in [0.717, 1.165) is 28.7 Å². The van der Waals surface area contributed by atoms with Crippen molar-refractivity contribution >= 4 is 23.5 Å². The van der Waals surface area contributed by atoms with Crippen LogP contribution in [0.4, 0.5) is 8.78 Å². The summed E-state index contributed by atoms with van der Waals surface area (Å²) in [5.41, 5.74) is 0.711. The zero-order valence-corrected chi connectivity index (χ0v) is 18.2. The van der Waals surface area contributed by atoms with Gasteiger partial charge in [0.2, 0.25) is 5.91 Å². The summed E-state index contributed by atoms with van der Waals surface area (Å²) in [6.07, 6.45) is 0.857. The number of amides is 1. The van der Waals surface area contributed by atoms with Crippen LogP contribution in [0.3, 0.4) is 0 Å². The molecular weight excluding hydrogens is 428 g/mol. The van der Waals surface area contributed by atoms with E-state index in [1.54, 1.807) is 4.90 Å². The molecule has 3 aromatic carbocycles. The molecule has 0 aromatic heterocycles. The Morgan fingerprint density at radius 3 is 2.16 bits per heavy atom. The van der Waals surface area contributed by atoms with Gasteiger partial charge in [-0.15, -0.1) is 11.8 Å². The number of benzene rings is 3. The number of likely N-dealkylation sites (tertiary alicyclic amines) is 1. The molecule has 0 saturated carbocycles. The van der Waals surface area contributed by atoms with Gasteiger partial charge in [-0.05, 0) is 48.7 Å². The molecule has 1 saturated heterocycles. The minimum Gasteiger partial charge on any atom is -0.341 e. The van der Waals surface area contributed by atoms with Gasteiger partial charge in [0.15, 0.2) is 5.78 Å². The molecule has 3 nitrogen and oxygen atoms in total. The Hall–Kier alpha value is -2.99. The SMILES string of the molecule is O=C(c1cc(F)ccc1F)C1CCN(C(=O)C(Sc2ccccc2)c2ccccc2)CC1. The Morgan fingerprint density at radius 1 is 0.875 bits per heavy atom. The molecule has 0 N–H and O–H groups in total. The number of Topliss-reactive ketones (excluding diaryl/α,β-unsaturated/α-hetero) is 1. The van der Waals surface area contributed by atoms with Crippen LogP contribution in [0.5, 0.6) is 0 Å². The third-order valence-electron chi connectivity index (χ3n) is 5.70. The Morgan fingerprint density at radius 2 is 1.50 bits per heavy atom. The molecular formula is C26H23F2NO2S. The summed E-state index contributed by atoms with van der Waals surface area (Å²) >= 11 is 1.50. The predicted octanol–water partition coefficient (Wildman–Crippen LogP) is 5.92. The second-order valence-corrected chi connectivity index (χ2v) is 8.99. The van der Waals surface area contributed by atoms with Crippen molar-refractivity contribution in [1.29, 1.82) is 0 Å². The molecule has 32 heavy (non-hydrogen) atoms. The highest BCUT2D eigenvalue weighted by Crippen LogP contribution is 2.37. The number of ketones is 1. The van der Waals surface area contributed by atoms with E-state index >= 15 is 0 Å². The number of rotatable bonds is 6. The van der Waals surface area contributed by atoms with Crippen molar-refractivity contribution in [3.05, 3.63) is 102 Å². The Bertz CT molecular complexity index is 1080. The van der Waals surface area contributed by atoms with Gasteiger partial charge in [-0.3, -0.25) is 9.59 Å². The van der Waals surface area contributed by atoms with E-state index < -0.39 is 28.6 Å². The molecule has 164 valence electrons. The fourth-order valence-electron chi connectivity index (χ4n) is 3.96. The first-order valence-electron chi connectivity index (χ1n) is 10.6. The van der Waals surface area contributed by atoms with Gasteiger partial charge in [0, 0.05) is 23.9 Å². The average Bonchev–Trinajstić information content (AvgIpc) is 2.84. The maximum absolute atomic E-state index is 14.0. The summed E-state index contributed by atoms with van der Waals surface area (Å²) in [5, 5.41) is -0.397. The predicted molar refractivity (Wildman–Crippen MR) is 121 cm³/mol. The summed E-state index contributed by atoms with van der Waals surface area (Å²) in [7, 11) is 0. The zero-order valence-electron chi connectivity index (χ0n) is 17.4. The molecule has 3 aromatic rings. The van der Waals surface area contributed by atoms with Crippen molar-refractivity contribution in [2.24, 2.45) is 5.92 Å². The highest BCUT2D eigenvalue weighted by atomic mass is 32.2. The first kappa shape index (κ1) is 22.2. The Labute approximate surface area is 190 Å². The van der Waals surface area contributed by atoms with E-state index in [1.165, 1.54) is 11.8 Å². The number of carbonyl (C=O) groups excluding carboxylic acids is 2. The summed E-state index contributed by atoms with van der Waals surface area (Å²) in [5.74, 6) is -2.17. The molecule has 0 spiro atoms. The lowest BCUT2D eigenvalue weighted by atomic mass is 9.88. The maximum atomic E-state index is 14.0. The van der Waals surface area contributed by atoms with Gasteiger partial charge < -0.3 is 4.90 Å². The fraction of sp³-hybridized carbons (Fsp3) is 0.231. The van der Waals surface area contributed by atoms with E-state index in [0.29, 0.717) is 25.9 Å². The molecule has 1 aliphatic heterocycles. The Kier molecular flexibility index (Phi) is 7.00. The highest BCUT2D eigenvalue weighted by molar-refractivity contribution is 8.00. The van der Waals surface area contributed by atoms with E-state index in [4.69, 9.17) is 0 Å². The molecule has 6 heteroatoms. The van der Waals surface area contributed by atoms with Crippen molar-refractivity contribution in [3.63, 3.8) is 0 Å². The van der Waals surface area contributed by atoms with Gasteiger partial charge in [-0.2, -0.15) is 0 Å². The lowest BCUT2D eigenvalue weighted by molar-refractivity contribution is -0.131. The molecule has 0 bridgehead atoms. The number of nitrogens with zero attached hydrogens (tertiary/aromatic N) is 1. The van der Waals surface area contributed by atoms with Crippen LogP contribution in [0.1, 0.15) is 34.0 Å². The second kappa shape index (κ2) is 10.1. The fourth-order valence-corrected chi connectivity index (χ4v) is 5.09. The lowest BCUT2D eigenvalue weighted by Gasteiger charge is -2.33. The van der Waals surface area contributed by atoms with Crippen LogP contribution < -0.4 is 0 Å². The van der Waals surface area contributed by atoms with Crippen LogP contribution in [-0.2, 0) is 4.79 Å². The second-order valence-electron chi connectivity index (χ2n) is 7.81. The standard InChI is InChI=1S/C26H23F2NO2S/c27-20-11-12-23(28)22(17-20)24(30)18-13-15-29(16-14-18)26(31)25(19-7-3-1-4-8-19)32-21-9-5-2-6-10-21/h1-12,17-18,25H,13-16H2. The quantitative estimate of drug-likeness (QED) is 0.345. The third-order valence-corrected chi connectivity index (χ3v) is 6.95. The van der Waals surface area contributed by atoms with E-state index in [9.17, 15) is 18.4 Å². The van der Waals surface area contributed by atoms with Gasteiger partial charge in [-0.1, -0.05) is 48.5 Å². The minimum atomic E-state index is -0.710. The molecule has 1 heterocycles. The number of piperidine rings is 1. The molecule has 4 rings (SSSR count). The van der Waals surface area contributed by atoms with Gasteiger partial charge in [-0.25, -0.2) is 8.78 Å². The zero-order chi connectivity index (χ0) is 22.5. The summed E-state index contributed by atoms with van der Waals surface area (Å²) in [6, 6.07) is 22.4. The largest absolute Gasteiger partial charge is 0.341 e. The Balaban J connectivity index is 1.46. The number of hydrogen-bond donors (Lipinski definition) is 0. The smallest absolute Gasteiger partial charge is 0.240 e. The average molecular weight is 452 g/mol. The van der Waals surface area contributed by atoms with Crippen molar-refractivity contribution in [2.75, 3.05) is 13.1 Å². The summed E-state index contributed by atoms with van der Waals surface area (Å²) < 4.78 is 27.5. The summed E-state index contributed by atoms with van der Waals surface area (Å²) in [4.78, 5) is 29.0. The van der Waals surface area contributed by atoms with Crippen molar-refractivity contribution < 1.29 is 18.4 Å². The molecule has 1 atom stereocenters. The topological polar surface area (TPSA) is 37.4 Å². The number of thioether (sulfide) groups is 1. The van der Waals surface area contributed by atoms with Gasteiger partial charge in [0.25, 0.3) is 0 Å². The molecule has 1 amide bonds. The van der Waals surface area contributed by atoms with Crippen LogP contribution in [-0.4, -0.2) is 29.7 Å². The van der Waals surface area contributed by atoms with Gasteiger partial charge in [0.1, 0.15) is 16.9 Å². The molecule has 1 aliphatic rings. The van der Waals surface area contributed by atoms with Crippen LogP contribution in [0.25, 0.3) is 0 Å².